The number of sulfone groups is 1. The van der Waals surface area contributed by atoms with Gasteiger partial charge in [0.15, 0.2) is 9.84 Å². The van der Waals surface area contributed by atoms with E-state index in [1.807, 2.05) is 73.3 Å². The van der Waals surface area contributed by atoms with Crippen LogP contribution in [0.4, 0.5) is 5.82 Å². The van der Waals surface area contributed by atoms with Crippen LogP contribution in [0.25, 0.3) is 5.69 Å². The zero-order valence-electron chi connectivity index (χ0n) is 19.7. The number of carbonyl (C=O) groups is 1. The monoisotopic (exact) mass is 482 g/mol. The summed E-state index contributed by atoms with van der Waals surface area (Å²) in [7, 11) is -1.48. The number of anilines is 1. The molecule has 1 aliphatic rings. The van der Waals surface area contributed by atoms with E-state index >= 15 is 0 Å². The van der Waals surface area contributed by atoms with Crippen molar-refractivity contribution in [2.45, 2.75) is 32.9 Å². The third-order valence-electron chi connectivity index (χ3n) is 5.99. The molecule has 180 valence electrons. The maximum atomic E-state index is 13.1. The molecule has 1 unspecified atom stereocenters. The van der Waals surface area contributed by atoms with Gasteiger partial charge in [-0.25, -0.2) is 13.1 Å². The Kier molecular flexibility index (Phi) is 7.04. The van der Waals surface area contributed by atoms with E-state index in [0.29, 0.717) is 18.8 Å². The van der Waals surface area contributed by atoms with Gasteiger partial charge in [0.05, 0.1) is 36.5 Å². The third kappa shape index (κ3) is 5.84. The van der Waals surface area contributed by atoms with Crippen molar-refractivity contribution < 1.29 is 17.9 Å². The van der Waals surface area contributed by atoms with Gasteiger partial charge >= 0.3 is 0 Å². The van der Waals surface area contributed by atoms with Crippen LogP contribution in [-0.2, 0) is 21.2 Å². The van der Waals surface area contributed by atoms with Crippen LogP contribution in [0.3, 0.4) is 0 Å². The molecule has 0 bridgehead atoms. The maximum Gasteiger partial charge on any atom is 0.239 e. The molecule has 9 heteroatoms. The second-order valence-electron chi connectivity index (χ2n) is 8.78. The number of hydrogen-bond donors (Lipinski definition) is 1. The van der Waals surface area contributed by atoms with Crippen LogP contribution in [0.5, 0.6) is 5.75 Å². The lowest BCUT2D eigenvalue weighted by molar-refractivity contribution is -0.118. The summed E-state index contributed by atoms with van der Waals surface area (Å²) in [5, 5.41) is 7.49. The molecule has 1 N–H and O–H groups in total. The maximum absolute atomic E-state index is 13.1. The van der Waals surface area contributed by atoms with Gasteiger partial charge < -0.3 is 10.1 Å². The van der Waals surface area contributed by atoms with Crippen LogP contribution in [0.2, 0.25) is 0 Å². The molecule has 0 aliphatic carbocycles. The van der Waals surface area contributed by atoms with Gasteiger partial charge in [0.25, 0.3) is 0 Å². The number of benzene rings is 2. The zero-order valence-corrected chi connectivity index (χ0v) is 20.5. The molecule has 0 saturated carbocycles. The predicted octanol–water partition coefficient (Wildman–Crippen LogP) is 3.13. The van der Waals surface area contributed by atoms with Gasteiger partial charge in [0, 0.05) is 18.7 Å². The molecule has 0 spiro atoms. The van der Waals surface area contributed by atoms with E-state index in [4.69, 9.17) is 4.74 Å². The molecule has 1 amide bonds. The number of hydrogen-bond acceptors (Lipinski definition) is 6. The summed E-state index contributed by atoms with van der Waals surface area (Å²) in [5.74, 6) is 1.33. The van der Waals surface area contributed by atoms with Gasteiger partial charge in [-0.3, -0.25) is 9.69 Å². The molecule has 1 aromatic heterocycles. The summed E-state index contributed by atoms with van der Waals surface area (Å²) in [6.45, 7) is 4.43. The molecule has 34 heavy (non-hydrogen) atoms. The van der Waals surface area contributed by atoms with Crippen LogP contribution in [-0.4, -0.2) is 60.2 Å². The van der Waals surface area contributed by atoms with Crippen LogP contribution in [0, 0.1) is 13.8 Å². The minimum atomic E-state index is -3.09. The average molecular weight is 483 g/mol. The van der Waals surface area contributed by atoms with Crippen LogP contribution < -0.4 is 10.1 Å². The van der Waals surface area contributed by atoms with Crippen molar-refractivity contribution in [3.63, 3.8) is 0 Å². The molecule has 8 nitrogen and oxygen atoms in total. The zero-order chi connectivity index (χ0) is 24.3. The van der Waals surface area contributed by atoms with Crippen LogP contribution in [0.15, 0.2) is 54.6 Å². The van der Waals surface area contributed by atoms with Gasteiger partial charge in [0.2, 0.25) is 5.91 Å². The SMILES string of the molecule is COc1ccc(CN(CC(=O)Nc2cc(C)nn2-c2ccc(C)cc2)C2CCS(=O)(=O)C2)cc1. The molecule has 1 fully saturated rings. The van der Waals surface area contributed by atoms with Gasteiger partial charge in [-0.05, 0) is 50.1 Å². The Morgan fingerprint density at radius 2 is 1.85 bits per heavy atom. The first-order valence-corrected chi connectivity index (χ1v) is 13.1. The van der Waals surface area contributed by atoms with Crippen molar-refractivity contribution in [1.82, 2.24) is 14.7 Å². The molecule has 1 aliphatic heterocycles. The lowest BCUT2D eigenvalue weighted by Gasteiger charge is -2.27. The highest BCUT2D eigenvalue weighted by Crippen LogP contribution is 2.22. The minimum Gasteiger partial charge on any atom is -0.497 e. The van der Waals surface area contributed by atoms with Crippen molar-refractivity contribution in [1.29, 1.82) is 0 Å². The fourth-order valence-electron chi connectivity index (χ4n) is 4.18. The Bertz CT molecular complexity index is 1250. The normalized spacial score (nSPS) is 17.1. The Hall–Kier alpha value is -3.17. The largest absolute Gasteiger partial charge is 0.497 e. The molecule has 2 aromatic carbocycles. The summed E-state index contributed by atoms with van der Waals surface area (Å²) < 4.78 is 31.2. The van der Waals surface area contributed by atoms with Crippen molar-refractivity contribution in [3.05, 3.63) is 71.4 Å². The first kappa shape index (κ1) is 24.0. The number of nitrogens with one attached hydrogen (secondary N) is 1. The topological polar surface area (TPSA) is 93.5 Å². The highest BCUT2D eigenvalue weighted by molar-refractivity contribution is 7.91. The van der Waals surface area contributed by atoms with Crippen molar-refractivity contribution in [2.24, 2.45) is 0 Å². The number of aryl methyl sites for hydroxylation is 2. The third-order valence-corrected chi connectivity index (χ3v) is 7.74. The quantitative estimate of drug-likeness (QED) is 0.530. The van der Waals surface area contributed by atoms with E-state index < -0.39 is 9.84 Å². The summed E-state index contributed by atoms with van der Waals surface area (Å²) in [6.07, 6.45) is 0.520. The van der Waals surface area contributed by atoms with E-state index in [1.165, 1.54) is 0 Å². The fourth-order valence-corrected chi connectivity index (χ4v) is 5.94. The predicted molar refractivity (Wildman–Crippen MR) is 132 cm³/mol. The standard InChI is InChI=1S/C25H30N4O4S/c1-18-4-8-21(9-5-18)29-24(14-19(2)27-29)26-25(30)16-28(22-12-13-34(31,32)17-22)15-20-6-10-23(33-3)11-7-20/h4-11,14,22H,12-13,15-17H2,1-3H3,(H,26,30). The van der Waals surface area contributed by atoms with Crippen molar-refractivity contribution in [2.75, 3.05) is 30.5 Å². The summed E-state index contributed by atoms with van der Waals surface area (Å²) >= 11 is 0. The number of ether oxygens (including phenoxy) is 1. The number of aromatic nitrogens is 2. The molecule has 4 rings (SSSR count). The van der Waals surface area contributed by atoms with Crippen molar-refractivity contribution >= 4 is 21.6 Å². The molecule has 2 heterocycles. The summed E-state index contributed by atoms with van der Waals surface area (Å²) in [6, 6.07) is 17.1. The Morgan fingerprint density at radius 1 is 1.15 bits per heavy atom. The smallest absolute Gasteiger partial charge is 0.239 e. The molecule has 3 aromatic rings. The number of carbonyl (C=O) groups excluding carboxylic acids is 1. The molecular formula is C25H30N4O4S. The number of rotatable bonds is 8. The van der Waals surface area contributed by atoms with E-state index in [-0.39, 0.29) is 30.0 Å². The lowest BCUT2D eigenvalue weighted by atomic mass is 10.1. The van der Waals surface area contributed by atoms with Gasteiger partial charge in [0.1, 0.15) is 11.6 Å². The van der Waals surface area contributed by atoms with Crippen molar-refractivity contribution in [3.8, 4) is 11.4 Å². The van der Waals surface area contributed by atoms with E-state index in [0.717, 1.165) is 28.3 Å². The average Bonchev–Trinajstić information content (AvgIpc) is 3.35. The Morgan fingerprint density at radius 3 is 2.47 bits per heavy atom. The first-order chi connectivity index (χ1) is 16.2. The second-order valence-corrected chi connectivity index (χ2v) is 11.0. The van der Waals surface area contributed by atoms with E-state index in [1.54, 1.807) is 11.8 Å². The Labute approximate surface area is 200 Å². The Balaban J connectivity index is 1.52. The van der Waals surface area contributed by atoms with Gasteiger partial charge in [-0.2, -0.15) is 5.10 Å². The molecular weight excluding hydrogens is 452 g/mol. The number of amides is 1. The second kappa shape index (κ2) is 9.99. The van der Waals surface area contributed by atoms with Gasteiger partial charge in [-0.15, -0.1) is 0 Å². The highest BCUT2D eigenvalue weighted by Gasteiger charge is 2.33. The highest BCUT2D eigenvalue weighted by atomic mass is 32.2. The van der Waals surface area contributed by atoms with Crippen LogP contribution in [0.1, 0.15) is 23.2 Å². The van der Waals surface area contributed by atoms with E-state index in [2.05, 4.69) is 10.4 Å². The van der Waals surface area contributed by atoms with Gasteiger partial charge in [-0.1, -0.05) is 29.8 Å². The molecule has 1 saturated heterocycles. The molecule has 0 radical (unpaired) electrons. The summed E-state index contributed by atoms with van der Waals surface area (Å²) in [4.78, 5) is 15.1. The van der Waals surface area contributed by atoms with E-state index in [9.17, 15) is 13.2 Å². The van der Waals surface area contributed by atoms with Crippen LogP contribution >= 0.6 is 0 Å². The summed E-state index contributed by atoms with van der Waals surface area (Å²) in [5.41, 5.74) is 3.76. The lowest BCUT2D eigenvalue weighted by Crippen LogP contribution is -2.41. The number of methoxy groups -OCH3 is 1. The molecule has 1 atom stereocenters. The fraction of sp³-hybridized carbons (Fsp3) is 0.360. The number of nitrogens with zero attached hydrogens (tertiary/aromatic N) is 3. The minimum absolute atomic E-state index is 0.0663. The first-order valence-electron chi connectivity index (χ1n) is 11.2.